The van der Waals surface area contributed by atoms with Crippen LogP contribution in [-0.2, 0) is 0 Å². The van der Waals surface area contributed by atoms with Crippen LogP contribution < -0.4 is 10.6 Å². The van der Waals surface area contributed by atoms with Gasteiger partial charge in [-0.05, 0) is 24.6 Å². The molecule has 1 aromatic rings. The number of benzene rings is 1. The lowest BCUT2D eigenvalue weighted by molar-refractivity contribution is 0.304. The molecule has 78 valence electrons. The second-order valence-electron chi connectivity index (χ2n) is 3.53. The lowest BCUT2D eigenvalue weighted by Crippen LogP contribution is -2.21. The van der Waals surface area contributed by atoms with E-state index >= 15 is 0 Å². The van der Waals surface area contributed by atoms with Crippen molar-refractivity contribution in [1.82, 2.24) is 0 Å². The summed E-state index contributed by atoms with van der Waals surface area (Å²) in [6.07, 6.45) is 0. The second kappa shape index (κ2) is 4.98. The van der Waals surface area contributed by atoms with Gasteiger partial charge >= 0.3 is 0 Å². The van der Waals surface area contributed by atoms with E-state index in [-0.39, 0.29) is 12.6 Å². The van der Waals surface area contributed by atoms with E-state index in [0.717, 1.165) is 11.3 Å². The number of rotatable bonds is 4. The third-order valence-electron chi connectivity index (χ3n) is 2.30. The number of aliphatic hydroxyl groups is 1. The number of aliphatic hydroxyl groups excluding tert-OH is 1. The van der Waals surface area contributed by atoms with Gasteiger partial charge in [0.1, 0.15) is 0 Å². The molecule has 0 spiro atoms. The van der Waals surface area contributed by atoms with Gasteiger partial charge in [-0.25, -0.2) is 0 Å². The standard InChI is InChI=1S/C11H18N2O/c1-9(12)10-3-5-11(6-4-10)13(2)7-8-14/h3-6,9,14H,7-8,12H2,1-2H3/t9-/m1/s1. The Bertz CT molecular complexity index is 269. The molecule has 0 heterocycles. The Labute approximate surface area is 85.2 Å². The molecule has 14 heavy (non-hydrogen) atoms. The van der Waals surface area contributed by atoms with Crippen molar-refractivity contribution in [1.29, 1.82) is 0 Å². The fourth-order valence-corrected chi connectivity index (χ4v) is 1.31. The van der Waals surface area contributed by atoms with Crippen LogP contribution in [0.2, 0.25) is 0 Å². The van der Waals surface area contributed by atoms with E-state index in [1.807, 2.05) is 43.1 Å². The summed E-state index contributed by atoms with van der Waals surface area (Å²) < 4.78 is 0. The van der Waals surface area contributed by atoms with Gasteiger partial charge in [0.2, 0.25) is 0 Å². The van der Waals surface area contributed by atoms with E-state index in [2.05, 4.69) is 0 Å². The average molecular weight is 194 g/mol. The minimum Gasteiger partial charge on any atom is -0.395 e. The van der Waals surface area contributed by atoms with Crippen LogP contribution in [0, 0.1) is 0 Å². The zero-order chi connectivity index (χ0) is 10.6. The highest BCUT2D eigenvalue weighted by atomic mass is 16.3. The molecule has 3 nitrogen and oxygen atoms in total. The van der Waals surface area contributed by atoms with E-state index < -0.39 is 0 Å². The highest BCUT2D eigenvalue weighted by Crippen LogP contribution is 2.16. The summed E-state index contributed by atoms with van der Waals surface area (Å²) >= 11 is 0. The average Bonchev–Trinajstić information content (AvgIpc) is 2.18. The molecule has 0 saturated heterocycles. The van der Waals surface area contributed by atoms with E-state index in [1.54, 1.807) is 0 Å². The third kappa shape index (κ3) is 2.72. The number of hydrogen-bond donors (Lipinski definition) is 2. The summed E-state index contributed by atoms with van der Waals surface area (Å²) in [6.45, 7) is 2.79. The third-order valence-corrected chi connectivity index (χ3v) is 2.30. The zero-order valence-corrected chi connectivity index (χ0v) is 8.77. The molecule has 0 unspecified atom stereocenters. The van der Waals surface area contributed by atoms with E-state index in [0.29, 0.717) is 6.54 Å². The Hall–Kier alpha value is -1.06. The van der Waals surface area contributed by atoms with Gasteiger partial charge in [-0.15, -0.1) is 0 Å². The van der Waals surface area contributed by atoms with Gasteiger partial charge in [-0.1, -0.05) is 12.1 Å². The van der Waals surface area contributed by atoms with Crippen LogP contribution in [0.25, 0.3) is 0 Å². The Morgan fingerprint density at radius 3 is 2.36 bits per heavy atom. The predicted molar refractivity (Wildman–Crippen MR) is 59.4 cm³/mol. The number of nitrogens with two attached hydrogens (primary N) is 1. The SMILES string of the molecule is C[C@@H](N)c1ccc(N(C)CCO)cc1. The summed E-state index contributed by atoms with van der Waals surface area (Å²) in [5.74, 6) is 0. The molecule has 0 aliphatic rings. The van der Waals surface area contributed by atoms with Crippen LogP contribution in [0.15, 0.2) is 24.3 Å². The normalized spacial score (nSPS) is 12.6. The topological polar surface area (TPSA) is 49.5 Å². The van der Waals surface area contributed by atoms with Gasteiger partial charge in [0.25, 0.3) is 0 Å². The molecule has 3 N–H and O–H groups in total. The molecule has 0 aliphatic carbocycles. The van der Waals surface area contributed by atoms with E-state index in [4.69, 9.17) is 10.8 Å². The molecular formula is C11H18N2O. The summed E-state index contributed by atoms with van der Waals surface area (Å²) in [5, 5.41) is 8.78. The Morgan fingerprint density at radius 1 is 1.36 bits per heavy atom. The quantitative estimate of drug-likeness (QED) is 0.755. The van der Waals surface area contributed by atoms with Gasteiger partial charge in [-0.2, -0.15) is 0 Å². The van der Waals surface area contributed by atoms with Crippen molar-refractivity contribution in [3.05, 3.63) is 29.8 Å². The smallest absolute Gasteiger partial charge is 0.0606 e. The molecule has 1 rings (SSSR count). The monoisotopic (exact) mass is 194 g/mol. The van der Waals surface area contributed by atoms with Gasteiger partial charge in [0.05, 0.1) is 6.61 Å². The predicted octanol–water partition coefficient (Wildman–Crippen LogP) is 1.13. The molecule has 0 saturated carbocycles. The van der Waals surface area contributed by atoms with Crippen LogP contribution in [0.5, 0.6) is 0 Å². The minimum absolute atomic E-state index is 0.0761. The van der Waals surface area contributed by atoms with Crippen molar-refractivity contribution in [2.75, 3.05) is 25.1 Å². The molecule has 0 aromatic heterocycles. The maximum absolute atomic E-state index is 8.78. The lowest BCUT2D eigenvalue weighted by atomic mass is 10.1. The van der Waals surface area contributed by atoms with Crippen LogP contribution in [0.4, 0.5) is 5.69 Å². The molecule has 0 aliphatic heterocycles. The maximum atomic E-state index is 8.78. The van der Waals surface area contributed by atoms with Gasteiger partial charge in [0.15, 0.2) is 0 Å². The number of likely N-dealkylation sites (N-methyl/N-ethyl adjacent to an activating group) is 1. The Kier molecular flexibility index (Phi) is 3.92. The van der Waals surface area contributed by atoms with Crippen molar-refractivity contribution in [2.24, 2.45) is 5.73 Å². The first kappa shape index (κ1) is 11.0. The molecule has 0 bridgehead atoms. The first-order chi connectivity index (χ1) is 6.65. The van der Waals surface area contributed by atoms with Crippen LogP contribution in [0.1, 0.15) is 18.5 Å². The van der Waals surface area contributed by atoms with E-state index in [1.165, 1.54) is 0 Å². The molecule has 0 radical (unpaired) electrons. The summed E-state index contributed by atoms with van der Waals surface area (Å²) in [7, 11) is 1.96. The first-order valence-electron chi connectivity index (χ1n) is 4.82. The fourth-order valence-electron chi connectivity index (χ4n) is 1.31. The number of nitrogens with zero attached hydrogens (tertiary/aromatic N) is 1. The fraction of sp³-hybridized carbons (Fsp3) is 0.455. The van der Waals surface area contributed by atoms with Crippen LogP contribution >= 0.6 is 0 Å². The maximum Gasteiger partial charge on any atom is 0.0606 e. The second-order valence-corrected chi connectivity index (χ2v) is 3.53. The summed E-state index contributed by atoms with van der Waals surface area (Å²) in [4.78, 5) is 2.00. The Morgan fingerprint density at radius 2 is 1.93 bits per heavy atom. The largest absolute Gasteiger partial charge is 0.395 e. The highest BCUT2D eigenvalue weighted by molar-refractivity contribution is 5.47. The lowest BCUT2D eigenvalue weighted by Gasteiger charge is -2.18. The first-order valence-corrected chi connectivity index (χ1v) is 4.82. The number of hydrogen-bond acceptors (Lipinski definition) is 3. The van der Waals surface area contributed by atoms with Crippen LogP contribution in [-0.4, -0.2) is 25.3 Å². The molecule has 0 amide bonds. The van der Waals surface area contributed by atoms with Crippen molar-refractivity contribution in [3.8, 4) is 0 Å². The molecule has 1 atom stereocenters. The highest BCUT2D eigenvalue weighted by Gasteiger charge is 2.01. The van der Waals surface area contributed by atoms with E-state index in [9.17, 15) is 0 Å². The summed E-state index contributed by atoms with van der Waals surface area (Å²) in [6, 6.07) is 8.16. The molecular weight excluding hydrogens is 176 g/mol. The van der Waals surface area contributed by atoms with Gasteiger partial charge < -0.3 is 15.7 Å². The summed E-state index contributed by atoms with van der Waals surface area (Å²) in [5.41, 5.74) is 7.98. The zero-order valence-electron chi connectivity index (χ0n) is 8.77. The molecule has 1 aromatic carbocycles. The minimum atomic E-state index is 0.0761. The molecule has 0 fully saturated rings. The van der Waals surface area contributed by atoms with Gasteiger partial charge in [0, 0.05) is 25.3 Å². The van der Waals surface area contributed by atoms with Crippen molar-refractivity contribution in [3.63, 3.8) is 0 Å². The Balaban J connectivity index is 2.72. The van der Waals surface area contributed by atoms with Crippen molar-refractivity contribution in [2.45, 2.75) is 13.0 Å². The van der Waals surface area contributed by atoms with Crippen molar-refractivity contribution >= 4 is 5.69 Å². The van der Waals surface area contributed by atoms with Crippen LogP contribution in [0.3, 0.4) is 0 Å². The van der Waals surface area contributed by atoms with Gasteiger partial charge in [-0.3, -0.25) is 0 Å². The molecule has 3 heteroatoms. The number of anilines is 1. The van der Waals surface area contributed by atoms with Crippen molar-refractivity contribution < 1.29 is 5.11 Å².